The van der Waals surface area contributed by atoms with Crippen LogP contribution >= 0.6 is 11.3 Å². The van der Waals surface area contributed by atoms with Crippen LogP contribution in [0.5, 0.6) is 0 Å². The summed E-state index contributed by atoms with van der Waals surface area (Å²) in [5.41, 5.74) is 0.957. The second kappa shape index (κ2) is 9.34. The molecule has 0 aliphatic carbocycles. The smallest absolute Gasteiger partial charge is 0.245 e. The number of amides is 1. The third-order valence-corrected chi connectivity index (χ3v) is 4.20. The van der Waals surface area contributed by atoms with E-state index in [2.05, 4.69) is 29.4 Å². The molecular formula is C17H24N4O2S. The highest BCUT2D eigenvalue weighted by Crippen LogP contribution is 2.19. The SMILES string of the molecule is CC(C)Cc1nnc(NC(=O)CN(CCCO)c2ccccc2)s1. The first-order valence-electron chi connectivity index (χ1n) is 8.11. The van der Waals surface area contributed by atoms with Crippen molar-refractivity contribution >= 4 is 28.1 Å². The van der Waals surface area contributed by atoms with Gasteiger partial charge in [-0.3, -0.25) is 10.1 Å². The summed E-state index contributed by atoms with van der Waals surface area (Å²) in [6.45, 7) is 5.17. The lowest BCUT2D eigenvalue weighted by molar-refractivity contribution is -0.115. The number of benzene rings is 1. The Morgan fingerprint density at radius 2 is 2.04 bits per heavy atom. The van der Waals surface area contributed by atoms with Gasteiger partial charge in [0.1, 0.15) is 5.01 Å². The molecule has 0 aliphatic heterocycles. The van der Waals surface area contributed by atoms with Crippen molar-refractivity contribution in [2.75, 3.05) is 29.9 Å². The number of aliphatic hydroxyl groups excluding tert-OH is 1. The fraction of sp³-hybridized carbons (Fsp3) is 0.471. The fourth-order valence-corrected chi connectivity index (χ4v) is 3.24. The quantitative estimate of drug-likeness (QED) is 0.728. The average molecular weight is 348 g/mol. The molecule has 7 heteroatoms. The van der Waals surface area contributed by atoms with Gasteiger partial charge in [-0.05, 0) is 24.5 Å². The number of rotatable bonds is 9. The molecular weight excluding hydrogens is 324 g/mol. The lowest BCUT2D eigenvalue weighted by Crippen LogP contribution is -2.34. The minimum Gasteiger partial charge on any atom is -0.396 e. The Bertz CT molecular complexity index is 631. The third kappa shape index (κ3) is 5.90. The summed E-state index contributed by atoms with van der Waals surface area (Å²) in [5, 5.41) is 21.5. The molecule has 1 amide bonds. The Morgan fingerprint density at radius 3 is 2.71 bits per heavy atom. The molecule has 0 atom stereocenters. The normalized spacial score (nSPS) is 10.8. The predicted molar refractivity (Wildman–Crippen MR) is 97.4 cm³/mol. The van der Waals surface area contributed by atoms with Crippen molar-refractivity contribution in [2.24, 2.45) is 5.92 Å². The molecule has 0 saturated carbocycles. The van der Waals surface area contributed by atoms with Crippen LogP contribution in [0.15, 0.2) is 30.3 Å². The molecule has 0 bridgehead atoms. The summed E-state index contributed by atoms with van der Waals surface area (Å²) in [7, 11) is 0. The van der Waals surface area contributed by atoms with Crippen molar-refractivity contribution in [2.45, 2.75) is 26.7 Å². The van der Waals surface area contributed by atoms with Gasteiger partial charge < -0.3 is 10.0 Å². The van der Waals surface area contributed by atoms with Gasteiger partial charge in [-0.2, -0.15) is 0 Å². The molecule has 0 radical (unpaired) electrons. The lowest BCUT2D eigenvalue weighted by atomic mass is 10.1. The summed E-state index contributed by atoms with van der Waals surface area (Å²) in [6.07, 6.45) is 1.47. The number of para-hydroxylation sites is 1. The van der Waals surface area contributed by atoms with E-state index in [1.807, 2.05) is 35.2 Å². The third-order valence-electron chi connectivity index (χ3n) is 3.34. The average Bonchev–Trinajstić information content (AvgIpc) is 2.98. The van der Waals surface area contributed by atoms with Crippen LogP contribution in [0.3, 0.4) is 0 Å². The first-order chi connectivity index (χ1) is 11.6. The Kier molecular flexibility index (Phi) is 7.14. The highest BCUT2D eigenvalue weighted by Gasteiger charge is 2.14. The minimum absolute atomic E-state index is 0.0971. The number of hydrogen-bond acceptors (Lipinski definition) is 6. The van der Waals surface area contributed by atoms with E-state index in [9.17, 15) is 4.79 Å². The highest BCUT2D eigenvalue weighted by molar-refractivity contribution is 7.15. The molecule has 130 valence electrons. The highest BCUT2D eigenvalue weighted by atomic mass is 32.1. The van der Waals surface area contributed by atoms with Crippen molar-refractivity contribution in [1.29, 1.82) is 0 Å². The zero-order valence-corrected chi connectivity index (χ0v) is 14.9. The number of carbonyl (C=O) groups is 1. The maximum atomic E-state index is 12.3. The van der Waals surface area contributed by atoms with Crippen LogP contribution in [0.25, 0.3) is 0 Å². The summed E-state index contributed by atoms with van der Waals surface area (Å²) in [4.78, 5) is 14.3. The van der Waals surface area contributed by atoms with E-state index in [0.717, 1.165) is 17.1 Å². The van der Waals surface area contributed by atoms with Crippen LogP contribution in [-0.4, -0.2) is 40.9 Å². The van der Waals surface area contributed by atoms with E-state index in [0.29, 0.717) is 24.0 Å². The van der Waals surface area contributed by atoms with E-state index in [1.165, 1.54) is 11.3 Å². The summed E-state index contributed by atoms with van der Waals surface area (Å²) in [5.74, 6) is 0.373. The molecule has 0 fully saturated rings. The maximum Gasteiger partial charge on any atom is 0.245 e. The van der Waals surface area contributed by atoms with Crippen molar-refractivity contribution in [3.63, 3.8) is 0 Å². The molecule has 1 aromatic heterocycles. The Morgan fingerprint density at radius 1 is 1.29 bits per heavy atom. The first-order valence-corrected chi connectivity index (χ1v) is 8.93. The number of aliphatic hydroxyl groups is 1. The van der Waals surface area contributed by atoms with Gasteiger partial charge in [0.05, 0.1) is 6.54 Å². The summed E-state index contributed by atoms with van der Waals surface area (Å²) in [6, 6.07) is 9.71. The van der Waals surface area contributed by atoms with Gasteiger partial charge in [0.2, 0.25) is 11.0 Å². The number of aromatic nitrogens is 2. The summed E-state index contributed by atoms with van der Waals surface area (Å²) >= 11 is 1.42. The van der Waals surface area contributed by atoms with Gasteiger partial charge in [0.25, 0.3) is 0 Å². The zero-order chi connectivity index (χ0) is 17.4. The first kappa shape index (κ1) is 18.4. The van der Waals surface area contributed by atoms with Crippen molar-refractivity contribution in [3.05, 3.63) is 35.3 Å². The standard InChI is InChI=1S/C17H24N4O2S/c1-13(2)11-16-19-20-17(24-16)18-15(23)12-21(9-6-10-22)14-7-4-3-5-8-14/h3-5,7-8,13,22H,6,9-12H2,1-2H3,(H,18,20,23). The zero-order valence-electron chi connectivity index (χ0n) is 14.1. The predicted octanol–water partition coefficient (Wildman–Crippen LogP) is 2.56. The van der Waals surface area contributed by atoms with Gasteiger partial charge in [0.15, 0.2) is 0 Å². The second-order valence-corrected chi connectivity index (χ2v) is 7.04. The van der Waals surface area contributed by atoms with Gasteiger partial charge in [-0.1, -0.05) is 43.4 Å². The van der Waals surface area contributed by atoms with Crippen LogP contribution in [-0.2, 0) is 11.2 Å². The largest absolute Gasteiger partial charge is 0.396 e. The van der Waals surface area contributed by atoms with E-state index in [1.54, 1.807) is 0 Å². The Hall–Kier alpha value is -1.99. The molecule has 0 unspecified atom stereocenters. The van der Waals surface area contributed by atoms with Crippen LogP contribution in [0, 0.1) is 5.92 Å². The van der Waals surface area contributed by atoms with Crippen molar-refractivity contribution < 1.29 is 9.90 Å². The number of hydrogen-bond donors (Lipinski definition) is 2. The van der Waals surface area contributed by atoms with Crippen LogP contribution < -0.4 is 10.2 Å². The molecule has 2 rings (SSSR count). The fourth-order valence-electron chi connectivity index (χ4n) is 2.27. The van der Waals surface area contributed by atoms with E-state index < -0.39 is 0 Å². The van der Waals surface area contributed by atoms with Gasteiger partial charge in [-0.15, -0.1) is 10.2 Å². The van der Waals surface area contributed by atoms with E-state index in [-0.39, 0.29) is 19.1 Å². The van der Waals surface area contributed by atoms with Crippen LogP contribution in [0.2, 0.25) is 0 Å². The number of nitrogens with zero attached hydrogens (tertiary/aromatic N) is 3. The number of anilines is 2. The molecule has 2 aromatic rings. The minimum atomic E-state index is -0.135. The van der Waals surface area contributed by atoms with Crippen molar-refractivity contribution in [3.8, 4) is 0 Å². The lowest BCUT2D eigenvalue weighted by Gasteiger charge is -2.23. The van der Waals surface area contributed by atoms with E-state index >= 15 is 0 Å². The summed E-state index contributed by atoms with van der Waals surface area (Å²) < 4.78 is 0. The molecule has 2 N–H and O–H groups in total. The molecule has 0 saturated heterocycles. The maximum absolute atomic E-state index is 12.3. The number of carbonyl (C=O) groups excluding carboxylic acids is 1. The van der Waals surface area contributed by atoms with E-state index in [4.69, 9.17) is 5.11 Å². The van der Waals surface area contributed by atoms with Crippen LogP contribution in [0.1, 0.15) is 25.3 Å². The van der Waals surface area contributed by atoms with Gasteiger partial charge in [-0.25, -0.2) is 0 Å². The monoisotopic (exact) mass is 348 g/mol. The second-order valence-electron chi connectivity index (χ2n) is 5.98. The Balaban J connectivity index is 1.96. The molecule has 0 spiro atoms. The molecule has 6 nitrogen and oxygen atoms in total. The van der Waals surface area contributed by atoms with Crippen molar-refractivity contribution in [1.82, 2.24) is 10.2 Å². The Labute approximate surface area is 146 Å². The van der Waals surface area contributed by atoms with Gasteiger partial charge in [0, 0.05) is 25.3 Å². The molecule has 1 aromatic carbocycles. The topological polar surface area (TPSA) is 78.4 Å². The molecule has 1 heterocycles. The number of nitrogens with one attached hydrogen (secondary N) is 1. The van der Waals surface area contributed by atoms with Crippen LogP contribution in [0.4, 0.5) is 10.8 Å². The van der Waals surface area contributed by atoms with Gasteiger partial charge >= 0.3 is 0 Å². The molecule has 0 aliphatic rings. The molecule has 24 heavy (non-hydrogen) atoms.